The van der Waals surface area contributed by atoms with Crippen molar-refractivity contribution in [2.24, 2.45) is 0 Å². The summed E-state index contributed by atoms with van der Waals surface area (Å²) < 4.78 is 13.2. The van der Waals surface area contributed by atoms with Crippen molar-refractivity contribution in [2.45, 2.75) is 32.2 Å². The van der Waals surface area contributed by atoms with Crippen LogP contribution < -0.4 is 5.32 Å². The van der Waals surface area contributed by atoms with Gasteiger partial charge in [-0.3, -0.25) is 19.7 Å². The summed E-state index contributed by atoms with van der Waals surface area (Å²) in [4.78, 5) is 31.9. The van der Waals surface area contributed by atoms with Crippen LogP contribution in [-0.4, -0.2) is 27.9 Å². The highest BCUT2D eigenvalue weighted by Gasteiger charge is 2.18. The standard InChI is InChI=1S/C13H15FN2O5/c1-8(3-2-4-12(17)18)15-13(19)9-5-6-10(14)11(7-9)16(20)21/h5-8H,2-4H2,1H3,(H,15,19)(H,17,18). The lowest BCUT2D eigenvalue weighted by Gasteiger charge is -2.13. The first kappa shape index (κ1) is 16.5. The SMILES string of the molecule is CC(CCCC(=O)O)NC(=O)c1ccc(F)c([N+](=O)[O-])c1. The molecule has 0 saturated heterocycles. The van der Waals surface area contributed by atoms with E-state index in [4.69, 9.17) is 5.11 Å². The molecule has 0 aliphatic rings. The molecule has 1 atom stereocenters. The maximum atomic E-state index is 13.2. The number of carboxylic acid groups (broad SMARTS) is 1. The predicted molar refractivity (Wildman–Crippen MR) is 71.5 cm³/mol. The monoisotopic (exact) mass is 298 g/mol. The molecule has 2 N–H and O–H groups in total. The Hall–Kier alpha value is -2.51. The smallest absolute Gasteiger partial charge is 0.305 e. The molecule has 1 rings (SSSR count). The summed E-state index contributed by atoms with van der Waals surface area (Å²) in [6.07, 6.45) is 0.865. The van der Waals surface area contributed by atoms with Gasteiger partial charge in [0, 0.05) is 24.1 Å². The van der Waals surface area contributed by atoms with Gasteiger partial charge >= 0.3 is 11.7 Å². The molecular weight excluding hydrogens is 283 g/mol. The number of aliphatic carboxylic acids is 1. The lowest BCUT2D eigenvalue weighted by Crippen LogP contribution is -2.32. The highest BCUT2D eigenvalue weighted by Crippen LogP contribution is 2.18. The second-order valence-electron chi connectivity index (χ2n) is 4.58. The topological polar surface area (TPSA) is 110 Å². The van der Waals surface area contributed by atoms with Gasteiger partial charge in [0.05, 0.1) is 4.92 Å². The zero-order chi connectivity index (χ0) is 16.0. The first-order valence-corrected chi connectivity index (χ1v) is 6.28. The molecule has 0 radical (unpaired) electrons. The summed E-state index contributed by atoms with van der Waals surface area (Å²) in [6, 6.07) is 2.60. The van der Waals surface area contributed by atoms with Crippen molar-refractivity contribution in [3.8, 4) is 0 Å². The third kappa shape index (κ3) is 5.17. The molecule has 1 aromatic carbocycles. The molecule has 0 aliphatic heterocycles. The Labute approximate surface area is 119 Å². The minimum Gasteiger partial charge on any atom is -0.481 e. The van der Waals surface area contributed by atoms with E-state index in [-0.39, 0.29) is 18.0 Å². The first-order chi connectivity index (χ1) is 9.81. The van der Waals surface area contributed by atoms with E-state index in [2.05, 4.69) is 5.32 Å². The molecule has 0 saturated carbocycles. The molecule has 0 aliphatic carbocycles. The van der Waals surface area contributed by atoms with E-state index in [1.54, 1.807) is 6.92 Å². The maximum absolute atomic E-state index is 13.2. The van der Waals surface area contributed by atoms with Crippen LogP contribution in [0, 0.1) is 15.9 Å². The van der Waals surface area contributed by atoms with E-state index in [9.17, 15) is 24.1 Å². The highest BCUT2D eigenvalue weighted by molar-refractivity contribution is 5.95. The van der Waals surface area contributed by atoms with Gasteiger partial charge in [-0.05, 0) is 31.9 Å². The van der Waals surface area contributed by atoms with Crippen molar-refractivity contribution < 1.29 is 24.0 Å². The van der Waals surface area contributed by atoms with Gasteiger partial charge in [0.25, 0.3) is 5.91 Å². The number of nitrogens with zero attached hydrogens (tertiary/aromatic N) is 1. The molecule has 8 heteroatoms. The normalized spacial score (nSPS) is 11.7. The summed E-state index contributed by atoms with van der Waals surface area (Å²) in [6.45, 7) is 1.69. The maximum Gasteiger partial charge on any atom is 0.305 e. The fourth-order valence-corrected chi connectivity index (χ4v) is 1.73. The van der Waals surface area contributed by atoms with Crippen molar-refractivity contribution in [2.75, 3.05) is 0 Å². The number of amides is 1. The molecular formula is C13H15FN2O5. The van der Waals surface area contributed by atoms with Gasteiger partial charge in [0.2, 0.25) is 5.82 Å². The molecule has 0 spiro atoms. The van der Waals surface area contributed by atoms with Crippen LogP contribution in [0.15, 0.2) is 18.2 Å². The molecule has 0 heterocycles. The van der Waals surface area contributed by atoms with E-state index in [1.165, 1.54) is 0 Å². The molecule has 0 aromatic heterocycles. The molecule has 1 unspecified atom stereocenters. The van der Waals surface area contributed by atoms with Gasteiger partial charge in [-0.25, -0.2) is 0 Å². The van der Waals surface area contributed by atoms with E-state index >= 15 is 0 Å². The number of carbonyl (C=O) groups is 2. The molecule has 21 heavy (non-hydrogen) atoms. The third-order valence-corrected chi connectivity index (χ3v) is 2.81. The summed E-state index contributed by atoms with van der Waals surface area (Å²) in [5, 5.41) is 21.7. The molecule has 114 valence electrons. The number of benzene rings is 1. The van der Waals surface area contributed by atoms with Crippen molar-refractivity contribution in [3.05, 3.63) is 39.7 Å². The molecule has 0 fully saturated rings. The highest BCUT2D eigenvalue weighted by atomic mass is 19.1. The van der Waals surface area contributed by atoms with Gasteiger partial charge in [0.1, 0.15) is 0 Å². The van der Waals surface area contributed by atoms with Gasteiger partial charge in [0.15, 0.2) is 0 Å². The number of nitrogens with one attached hydrogen (secondary N) is 1. The summed E-state index contributed by atoms with van der Waals surface area (Å²) >= 11 is 0. The van der Waals surface area contributed by atoms with Crippen LogP contribution in [0.3, 0.4) is 0 Å². The first-order valence-electron chi connectivity index (χ1n) is 6.28. The van der Waals surface area contributed by atoms with Crippen molar-refractivity contribution in [3.63, 3.8) is 0 Å². The minimum atomic E-state index is -1.01. The number of nitro benzene ring substituents is 1. The van der Waals surface area contributed by atoms with E-state index in [0.717, 1.165) is 18.2 Å². The molecule has 0 bridgehead atoms. The van der Waals surface area contributed by atoms with Crippen LogP contribution in [-0.2, 0) is 4.79 Å². The van der Waals surface area contributed by atoms with Gasteiger partial charge < -0.3 is 10.4 Å². The zero-order valence-corrected chi connectivity index (χ0v) is 11.3. The zero-order valence-electron chi connectivity index (χ0n) is 11.3. The Balaban J connectivity index is 2.65. The number of halogens is 1. The molecule has 1 amide bonds. The summed E-state index contributed by atoms with van der Waals surface area (Å²) in [7, 11) is 0. The van der Waals surface area contributed by atoms with Crippen molar-refractivity contribution in [1.82, 2.24) is 5.32 Å². The van der Waals surface area contributed by atoms with Crippen LogP contribution >= 0.6 is 0 Å². The van der Waals surface area contributed by atoms with Crippen LogP contribution in [0.2, 0.25) is 0 Å². The Morgan fingerprint density at radius 2 is 2.14 bits per heavy atom. The third-order valence-electron chi connectivity index (χ3n) is 2.81. The average Bonchev–Trinajstić information content (AvgIpc) is 2.38. The number of rotatable bonds is 7. The summed E-state index contributed by atoms with van der Waals surface area (Å²) in [5.41, 5.74) is -0.783. The van der Waals surface area contributed by atoms with Gasteiger partial charge in [-0.15, -0.1) is 0 Å². The second kappa shape index (κ2) is 7.32. The predicted octanol–water partition coefficient (Wildman–Crippen LogP) is 2.11. The Kier molecular flexibility index (Phi) is 5.77. The van der Waals surface area contributed by atoms with E-state index in [0.29, 0.717) is 12.8 Å². The van der Waals surface area contributed by atoms with E-state index in [1.807, 2.05) is 0 Å². The second-order valence-corrected chi connectivity index (χ2v) is 4.58. The van der Waals surface area contributed by atoms with Crippen molar-refractivity contribution >= 4 is 17.6 Å². The number of nitro groups is 1. The minimum absolute atomic E-state index is 0.00221. The lowest BCUT2D eigenvalue weighted by atomic mass is 10.1. The number of hydrogen-bond acceptors (Lipinski definition) is 4. The van der Waals surface area contributed by atoms with E-state index < -0.39 is 28.3 Å². The largest absolute Gasteiger partial charge is 0.481 e. The van der Waals surface area contributed by atoms with Crippen LogP contribution in [0.25, 0.3) is 0 Å². The van der Waals surface area contributed by atoms with Crippen molar-refractivity contribution in [1.29, 1.82) is 0 Å². The van der Waals surface area contributed by atoms with Gasteiger partial charge in [-0.1, -0.05) is 0 Å². The number of carbonyl (C=O) groups excluding carboxylic acids is 1. The van der Waals surface area contributed by atoms with Crippen LogP contribution in [0.4, 0.5) is 10.1 Å². The van der Waals surface area contributed by atoms with Crippen LogP contribution in [0.5, 0.6) is 0 Å². The quantitative estimate of drug-likeness (QED) is 0.591. The average molecular weight is 298 g/mol. The lowest BCUT2D eigenvalue weighted by molar-refractivity contribution is -0.387. The van der Waals surface area contributed by atoms with Gasteiger partial charge in [-0.2, -0.15) is 4.39 Å². The molecule has 7 nitrogen and oxygen atoms in total. The number of carboxylic acids is 1. The molecule has 1 aromatic rings. The Bertz CT molecular complexity index is 561. The summed E-state index contributed by atoms with van der Waals surface area (Å²) in [5.74, 6) is -2.49. The Morgan fingerprint density at radius 3 is 2.71 bits per heavy atom. The fraction of sp³-hybridized carbons (Fsp3) is 0.385. The number of hydrogen-bond donors (Lipinski definition) is 2. The fourth-order valence-electron chi connectivity index (χ4n) is 1.73. The van der Waals surface area contributed by atoms with Crippen LogP contribution in [0.1, 0.15) is 36.5 Å². The Morgan fingerprint density at radius 1 is 1.48 bits per heavy atom.